The number of aliphatic hydroxyl groups is 1. The Labute approximate surface area is 113 Å². The van der Waals surface area contributed by atoms with E-state index in [1.54, 1.807) is 12.4 Å². The minimum absolute atomic E-state index is 0.161. The largest absolute Gasteiger partial charge is 0.487 e. The molecular formula is C16H17NO2. The van der Waals surface area contributed by atoms with Crippen LogP contribution >= 0.6 is 0 Å². The predicted molar refractivity (Wildman–Crippen MR) is 75.7 cm³/mol. The van der Waals surface area contributed by atoms with Crippen LogP contribution < -0.4 is 4.74 Å². The lowest BCUT2D eigenvalue weighted by molar-refractivity contribution is 0.303. The van der Waals surface area contributed by atoms with Crippen LogP contribution in [0.15, 0.2) is 54.9 Å². The minimum Gasteiger partial charge on any atom is -0.487 e. The van der Waals surface area contributed by atoms with Gasteiger partial charge in [-0.2, -0.15) is 0 Å². The van der Waals surface area contributed by atoms with E-state index in [1.807, 2.05) is 48.6 Å². The SMILES string of the molecule is OCC/C=C/c1cncc(OCc2ccccc2)c1. The molecule has 0 fully saturated rings. The van der Waals surface area contributed by atoms with E-state index in [2.05, 4.69) is 4.98 Å². The van der Waals surface area contributed by atoms with Gasteiger partial charge in [-0.15, -0.1) is 0 Å². The fraction of sp³-hybridized carbons (Fsp3) is 0.188. The highest BCUT2D eigenvalue weighted by Gasteiger charge is 1.97. The van der Waals surface area contributed by atoms with Crippen LogP contribution in [0.25, 0.3) is 6.08 Å². The Bertz CT molecular complexity index is 523. The second-order valence-electron chi connectivity index (χ2n) is 4.14. The summed E-state index contributed by atoms with van der Waals surface area (Å²) in [6.45, 7) is 0.695. The number of nitrogens with zero attached hydrogens (tertiary/aromatic N) is 1. The van der Waals surface area contributed by atoms with E-state index < -0.39 is 0 Å². The molecule has 0 atom stereocenters. The minimum atomic E-state index is 0.161. The van der Waals surface area contributed by atoms with Gasteiger partial charge < -0.3 is 9.84 Å². The van der Waals surface area contributed by atoms with Crippen molar-refractivity contribution in [1.29, 1.82) is 0 Å². The quantitative estimate of drug-likeness (QED) is 0.862. The van der Waals surface area contributed by atoms with E-state index in [4.69, 9.17) is 9.84 Å². The van der Waals surface area contributed by atoms with Gasteiger partial charge in [-0.05, 0) is 23.6 Å². The van der Waals surface area contributed by atoms with Crippen molar-refractivity contribution >= 4 is 6.08 Å². The van der Waals surface area contributed by atoms with Crippen molar-refractivity contribution in [3.63, 3.8) is 0 Å². The van der Waals surface area contributed by atoms with Crippen LogP contribution in [0.3, 0.4) is 0 Å². The molecule has 0 radical (unpaired) electrons. The first kappa shape index (κ1) is 13.3. The summed E-state index contributed by atoms with van der Waals surface area (Å²) in [7, 11) is 0. The first-order chi connectivity index (χ1) is 9.38. The Morgan fingerprint density at radius 1 is 1.16 bits per heavy atom. The molecule has 0 aliphatic rings. The maximum atomic E-state index is 8.72. The summed E-state index contributed by atoms with van der Waals surface area (Å²) < 4.78 is 5.69. The molecule has 19 heavy (non-hydrogen) atoms. The monoisotopic (exact) mass is 255 g/mol. The number of aliphatic hydroxyl groups excluding tert-OH is 1. The van der Waals surface area contributed by atoms with Gasteiger partial charge in [0.05, 0.1) is 6.20 Å². The van der Waals surface area contributed by atoms with Gasteiger partial charge in [0.2, 0.25) is 0 Å². The van der Waals surface area contributed by atoms with Crippen molar-refractivity contribution in [2.45, 2.75) is 13.0 Å². The Hall–Kier alpha value is -2.13. The van der Waals surface area contributed by atoms with Crippen LogP contribution in [-0.2, 0) is 6.61 Å². The van der Waals surface area contributed by atoms with Crippen molar-refractivity contribution in [2.75, 3.05) is 6.61 Å². The average Bonchev–Trinajstić information content (AvgIpc) is 2.47. The molecule has 2 rings (SSSR count). The molecule has 0 aliphatic heterocycles. The third-order valence-corrected chi connectivity index (χ3v) is 2.59. The van der Waals surface area contributed by atoms with Crippen LogP contribution in [0.2, 0.25) is 0 Å². The fourth-order valence-electron chi connectivity index (χ4n) is 1.64. The van der Waals surface area contributed by atoms with E-state index in [0.717, 1.165) is 16.9 Å². The van der Waals surface area contributed by atoms with Crippen LogP contribution in [0.1, 0.15) is 17.5 Å². The number of rotatable bonds is 6. The molecule has 2 aromatic rings. The molecule has 0 spiro atoms. The van der Waals surface area contributed by atoms with Gasteiger partial charge in [-0.3, -0.25) is 4.98 Å². The molecular weight excluding hydrogens is 238 g/mol. The average molecular weight is 255 g/mol. The van der Waals surface area contributed by atoms with E-state index in [1.165, 1.54) is 0 Å². The summed E-state index contributed by atoms with van der Waals surface area (Å²) in [5.74, 6) is 0.745. The summed E-state index contributed by atoms with van der Waals surface area (Å²) in [4.78, 5) is 4.14. The first-order valence-corrected chi connectivity index (χ1v) is 6.27. The smallest absolute Gasteiger partial charge is 0.138 e. The number of pyridine rings is 1. The lowest BCUT2D eigenvalue weighted by Gasteiger charge is -2.06. The Balaban J connectivity index is 1.95. The molecule has 1 aromatic carbocycles. The summed E-state index contributed by atoms with van der Waals surface area (Å²) in [5.41, 5.74) is 2.10. The second-order valence-corrected chi connectivity index (χ2v) is 4.14. The van der Waals surface area contributed by atoms with Crippen molar-refractivity contribution in [2.24, 2.45) is 0 Å². The highest BCUT2D eigenvalue weighted by molar-refractivity contribution is 5.49. The maximum absolute atomic E-state index is 8.72. The molecule has 0 unspecified atom stereocenters. The lowest BCUT2D eigenvalue weighted by atomic mass is 10.2. The zero-order valence-electron chi connectivity index (χ0n) is 10.7. The van der Waals surface area contributed by atoms with E-state index >= 15 is 0 Å². The Morgan fingerprint density at radius 3 is 2.79 bits per heavy atom. The van der Waals surface area contributed by atoms with Crippen molar-refractivity contribution in [3.05, 3.63) is 66.0 Å². The summed E-state index contributed by atoms with van der Waals surface area (Å²) >= 11 is 0. The topological polar surface area (TPSA) is 42.4 Å². The van der Waals surface area contributed by atoms with Crippen molar-refractivity contribution < 1.29 is 9.84 Å². The van der Waals surface area contributed by atoms with Crippen LogP contribution in [-0.4, -0.2) is 16.7 Å². The first-order valence-electron chi connectivity index (χ1n) is 6.27. The van der Waals surface area contributed by atoms with E-state index in [-0.39, 0.29) is 6.61 Å². The van der Waals surface area contributed by atoms with Crippen LogP contribution in [0.5, 0.6) is 5.75 Å². The van der Waals surface area contributed by atoms with Gasteiger partial charge in [-0.1, -0.05) is 42.5 Å². The van der Waals surface area contributed by atoms with Crippen molar-refractivity contribution in [1.82, 2.24) is 4.98 Å². The zero-order valence-corrected chi connectivity index (χ0v) is 10.7. The Kier molecular flexibility index (Phi) is 5.14. The molecule has 0 saturated carbocycles. The number of aromatic nitrogens is 1. The van der Waals surface area contributed by atoms with Gasteiger partial charge >= 0.3 is 0 Å². The standard InChI is InChI=1S/C16H17NO2/c18-9-5-4-8-15-10-16(12-17-11-15)19-13-14-6-2-1-3-7-14/h1-4,6-8,10-12,18H,5,9,13H2/b8-4+. The molecule has 0 amide bonds. The molecule has 3 nitrogen and oxygen atoms in total. The summed E-state index contributed by atoms with van der Waals surface area (Å²) in [6, 6.07) is 12.0. The molecule has 98 valence electrons. The number of hydrogen-bond donors (Lipinski definition) is 1. The molecule has 3 heteroatoms. The third kappa shape index (κ3) is 4.56. The second kappa shape index (κ2) is 7.34. The summed E-state index contributed by atoms with van der Waals surface area (Å²) in [5, 5.41) is 8.72. The van der Waals surface area contributed by atoms with E-state index in [0.29, 0.717) is 13.0 Å². The Morgan fingerprint density at radius 2 is 2.00 bits per heavy atom. The molecule has 1 aromatic heterocycles. The van der Waals surface area contributed by atoms with Crippen LogP contribution in [0.4, 0.5) is 0 Å². The molecule has 0 saturated heterocycles. The molecule has 1 N–H and O–H groups in total. The van der Waals surface area contributed by atoms with Gasteiger partial charge in [0.25, 0.3) is 0 Å². The molecule has 0 bridgehead atoms. The van der Waals surface area contributed by atoms with Gasteiger partial charge in [-0.25, -0.2) is 0 Å². The molecule has 0 aliphatic carbocycles. The zero-order chi connectivity index (χ0) is 13.3. The fourth-order valence-corrected chi connectivity index (χ4v) is 1.64. The number of ether oxygens (including phenoxy) is 1. The maximum Gasteiger partial charge on any atom is 0.138 e. The summed E-state index contributed by atoms with van der Waals surface area (Å²) in [6.07, 6.45) is 7.96. The lowest BCUT2D eigenvalue weighted by Crippen LogP contribution is -1.95. The number of hydrogen-bond acceptors (Lipinski definition) is 3. The van der Waals surface area contributed by atoms with E-state index in [9.17, 15) is 0 Å². The van der Waals surface area contributed by atoms with Gasteiger partial charge in [0.15, 0.2) is 0 Å². The predicted octanol–water partition coefficient (Wildman–Crippen LogP) is 3.06. The normalized spacial score (nSPS) is 10.8. The highest BCUT2D eigenvalue weighted by atomic mass is 16.5. The van der Waals surface area contributed by atoms with Gasteiger partial charge in [0, 0.05) is 12.8 Å². The number of benzene rings is 1. The highest BCUT2D eigenvalue weighted by Crippen LogP contribution is 2.14. The van der Waals surface area contributed by atoms with Gasteiger partial charge in [0.1, 0.15) is 12.4 Å². The molecule has 1 heterocycles. The third-order valence-electron chi connectivity index (χ3n) is 2.59. The van der Waals surface area contributed by atoms with Crippen LogP contribution in [0, 0.1) is 0 Å². The van der Waals surface area contributed by atoms with Crippen molar-refractivity contribution in [3.8, 4) is 5.75 Å².